The molecule has 3 heterocycles. The van der Waals surface area contributed by atoms with Gasteiger partial charge in [-0.15, -0.1) is 0 Å². The third-order valence-corrected chi connectivity index (χ3v) is 3.63. The molecule has 7 nitrogen and oxygen atoms in total. The maximum absolute atomic E-state index is 12.0. The lowest BCUT2D eigenvalue weighted by Gasteiger charge is -2.21. The highest BCUT2D eigenvalue weighted by Gasteiger charge is 2.25. The summed E-state index contributed by atoms with van der Waals surface area (Å²) >= 11 is 0. The standard InChI is InChI=1S/C14H18N4O3/c1-2-20-14(19)11-10-12(15-9-16-13(10)21-17-11)18-7-5-3-4-6-8-18/h9H,2-8H2,1H3. The van der Waals surface area contributed by atoms with Crippen LogP contribution in [-0.2, 0) is 4.74 Å². The zero-order valence-electron chi connectivity index (χ0n) is 12.0. The Labute approximate surface area is 122 Å². The molecule has 1 fully saturated rings. The Morgan fingerprint density at radius 2 is 2.05 bits per heavy atom. The Balaban J connectivity index is 2.04. The molecule has 1 aliphatic rings. The molecule has 0 bridgehead atoms. The van der Waals surface area contributed by atoms with Gasteiger partial charge < -0.3 is 14.2 Å². The summed E-state index contributed by atoms with van der Waals surface area (Å²) in [5.74, 6) is 0.216. The van der Waals surface area contributed by atoms with E-state index < -0.39 is 5.97 Å². The van der Waals surface area contributed by atoms with Crippen molar-refractivity contribution in [2.75, 3.05) is 24.6 Å². The van der Waals surface area contributed by atoms with Crippen molar-refractivity contribution in [1.29, 1.82) is 0 Å². The summed E-state index contributed by atoms with van der Waals surface area (Å²) in [7, 11) is 0. The molecule has 21 heavy (non-hydrogen) atoms. The van der Waals surface area contributed by atoms with Gasteiger partial charge in [0.15, 0.2) is 0 Å². The van der Waals surface area contributed by atoms with Crippen LogP contribution in [0.5, 0.6) is 0 Å². The normalized spacial score (nSPS) is 16.0. The smallest absolute Gasteiger partial charge is 0.361 e. The molecule has 0 spiro atoms. The van der Waals surface area contributed by atoms with Crippen molar-refractivity contribution in [2.45, 2.75) is 32.6 Å². The fraction of sp³-hybridized carbons (Fsp3) is 0.571. The SMILES string of the molecule is CCOC(=O)c1noc2ncnc(N3CCCCCC3)c12. The van der Waals surface area contributed by atoms with Crippen LogP contribution in [0.15, 0.2) is 10.9 Å². The van der Waals surface area contributed by atoms with Gasteiger partial charge in [0, 0.05) is 13.1 Å². The number of carbonyl (C=O) groups is 1. The summed E-state index contributed by atoms with van der Waals surface area (Å²) in [6.07, 6.45) is 6.12. The predicted octanol–water partition coefficient (Wildman–Crippen LogP) is 2.17. The Bertz CT molecular complexity index is 632. The largest absolute Gasteiger partial charge is 0.461 e. The zero-order valence-corrected chi connectivity index (χ0v) is 12.0. The van der Waals surface area contributed by atoms with Crippen LogP contribution in [-0.4, -0.2) is 40.8 Å². The molecule has 1 saturated heterocycles. The van der Waals surface area contributed by atoms with Crippen LogP contribution < -0.4 is 4.90 Å². The van der Waals surface area contributed by atoms with Crippen LogP contribution in [0.1, 0.15) is 43.1 Å². The molecule has 2 aromatic rings. The van der Waals surface area contributed by atoms with Gasteiger partial charge in [-0.2, -0.15) is 4.98 Å². The van der Waals surface area contributed by atoms with E-state index in [0.717, 1.165) is 25.9 Å². The molecule has 0 saturated carbocycles. The number of hydrogen-bond donors (Lipinski definition) is 0. The third-order valence-electron chi connectivity index (χ3n) is 3.63. The van der Waals surface area contributed by atoms with Crippen LogP contribution in [0.25, 0.3) is 11.1 Å². The van der Waals surface area contributed by atoms with Crippen molar-refractivity contribution < 1.29 is 14.1 Å². The van der Waals surface area contributed by atoms with Gasteiger partial charge in [-0.05, 0) is 19.8 Å². The number of esters is 1. The summed E-state index contributed by atoms with van der Waals surface area (Å²) in [5.41, 5.74) is 0.485. The first kappa shape index (κ1) is 13.8. The predicted molar refractivity (Wildman–Crippen MR) is 76.2 cm³/mol. The zero-order chi connectivity index (χ0) is 14.7. The van der Waals surface area contributed by atoms with E-state index in [1.807, 2.05) is 0 Å². The van der Waals surface area contributed by atoms with Gasteiger partial charge in [-0.25, -0.2) is 9.78 Å². The van der Waals surface area contributed by atoms with E-state index in [4.69, 9.17) is 9.26 Å². The maximum Gasteiger partial charge on any atom is 0.361 e. The first-order valence-corrected chi connectivity index (χ1v) is 7.33. The number of rotatable bonds is 3. The summed E-state index contributed by atoms with van der Waals surface area (Å²) in [4.78, 5) is 22.6. The van der Waals surface area contributed by atoms with Gasteiger partial charge in [-0.1, -0.05) is 18.0 Å². The first-order chi connectivity index (χ1) is 10.3. The average Bonchev–Trinajstić information content (AvgIpc) is 2.75. The maximum atomic E-state index is 12.0. The summed E-state index contributed by atoms with van der Waals surface area (Å²) in [6, 6.07) is 0. The monoisotopic (exact) mass is 290 g/mol. The molecule has 2 aromatic heterocycles. The molecular formula is C14H18N4O3. The van der Waals surface area contributed by atoms with Crippen molar-refractivity contribution in [3.63, 3.8) is 0 Å². The van der Waals surface area contributed by atoms with Crippen LogP contribution in [0, 0.1) is 0 Å². The number of ether oxygens (including phenoxy) is 1. The van der Waals surface area contributed by atoms with Gasteiger partial charge in [0.2, 0.25) is 5.69 Å². The highest BCUT2D eigenvalue weighted by Crippen LogP contribution is 2.28. The van der Waals surface area contributed by atoms with Crippen LogP contribution >= 0.6 is 0 Å². The first-order valence-electron chi connectivity index (χ1n) is 7.33. The minimum Gasteiger partial charge on any atom is -0.461 e. The number of carbonyl (C=O) groups excluding carboxylic acids is 1. The fourth-order valence-electron chi connectivity index (χ4n) is 2.63. The molecular weight excluding hydrogens is 272 g/mol. The Hall–Kier alpha value is -2.18. The van der Waals surface area contributed by atoms with E-state index >= 15 is 0 Å². The molecule has 3 rings (SSSR count). The highest BCUT2D eigenvalue weighted by molar-refractivity contribution is 6.04. The van der Waals surface area contributed by atoms with Gasteiger partial charge in [0.05, 0.1) is 6.61 Å². The lowest BCUT2D eigenvalue weighted by Crippen LogP contribution is -2.25. The van der Waals surface area contributed by atoms with Crippen molar-refractivity contribution in [3.8, 4) is 0 Å². The molecule has 1 aliphatic heterocycles. The van der Waals surface area contributed by atoms with E-state index in [1.165, 1.54) is 19.2 Å². The molecule has 0 amide bonds. The van der Waals surface area contributed by atoms with Crippen LogP contribution in [0.2, 0.25) is 0 Å². The molecule has 0 unspecified atom stereocenters. The minimum absolute atomic E-state index is 0.159. The number of anilines is 1. The topological polar surface area (TPSA) is 81.3 Å². The summed E-state index contributed by atoms with van der Waals surface area (Å²) in [5, 5.41) is 4.37. The number of aromatic nitrogens is 3. The highest BCUT2D eigenvalue weighted by atomic mass is 16.5. The Kier molecular flexibility index (Phi) is 3.98. The Morgan fingerprint density at radius 3 is 2.76 bits per heavy atom. The lowest BCUT2D eigenvalue weighted by atomic mass is 10.2. The second kappa shape index (κ2) is 6.07. The van der Waals surface area contributed by atoms with Gasteiger partial charge in [0.25, 0.3) is 5.71 Å². The third kappa shape index (κ3) is 2.68. The molecule has 0 aromatic carbocycles. The summed E-state index contributed by atoms with van der Waals surface area (Å²) < 4.78 is 10.2. The molecule has 0 radical (unpaired) electrons. The molecule has 7 heteroatoms. The van der Waals surface area contributed by atoms with Crippen molar-refractivity contribution in [2.24, 2.45) is 0 Å². The summed E-state index contributed by atoms with van der Waals surface area (Å²) in [6.45, 7) is 3.88. The van der Waals surface area contributed by atoms with Crippen molar-refractivity contribution >= 4 is 22.9 Å². The van der Waals surface area contributed by atoms with Gasteiger partial charge >= 0.3 is 5.97 Å². The quantitative estimate of drug-likeness (QED) is 0.801. The molecule has 0 N–H and O–H groups in total. The second-order valence-electron chi connectivity index (χ2n) is 5.03. The van der Waals surface area contributed by atoms with E-state index in [-0.39, 0.29) is 5.69 Å². The minimum atomic E-state index is -0.498. The number of hydrogen-bond acceptors (Lipinski definition) is 7. The van der Waals surface area contributed by atoms with E-state index in [1.54, 1.807) is 6.92 Å². The van der Waals surface area contributed by atoms with E-state index in [9.17, 15) is 4.79 Å². The molecule has 0 aliphatic carbocycles. The Morgan fingerprint density at radius 1 is 1.29 bits per heavy atom. The van der Waals surface area contributed by atoms with E-state index in [0.29, 0.717) is 23.5 Å². The number of fused-ring (bicyclic) bond motifs is 1. The lowest BCUT2D eigenvalue weighted by molar-refractivity contribution is 0.0517. The fourth-order valence-corrected chi connectivity index (χ4v) is 2.63. The van der Waals surface area contributed by atoms with Crippen LogP contribution in [0.4, 0.5) is 5.82 Å². The second-order valence-corrected chi connectivity index (χ2v) is 5.03. The van der Waals surface area contributed by atoms with Crippen molar-refractivity contribution in [3.05, 3.63) is 12.0 Å². The van der Waals surface area contributed by atoms with Crippen LogP contribution in [0.3, 0.4) is 0 Å². The van der Waals surface area contributed by atoms with Gasteiger partial charge in [0.1, 0.15) is 17.5 Å². The van der Waals surface area contributed by atoms with Gasteiger partial charge in [-0.3, -0.25) is 0 Å². The molecule has 112 valence electrons. The molecule has 0 atom stereocenters. The van der Waals surface area contributed by atoms with E-state index in [2.05, 4.69) is 20.0 Å². The number of nitrogens with zero attached hydrogens (tertiary/aromatic N) is 4. The average molecular weight is 290 g/mol. The van der Waals surface area contributed by atoms with Crippen molar-refractivity contribution in [1.82, 2.24) is 15.1 Å².